The lowest BCUT2D eigenvalue weighted by Crippen LogP contribution is -2.50. The van der Waals surface area contributed by atoms with Crippen molar-refractivity contribution in [3.8, 4) is 0 Å². The molecule has 1 aliphatic heterocycles. The van der Waals surface area contributed by atoms with Crippen LogP contribution < -0.4 is 5.43 Å². The molecule has 0 saturated carbocycles. The number of hydrogen-bond acceptors (Lipinski definition) is 5. The van der Waals surface area contributed by atoms with Crippen LogP contribution in [-0.4, -0.2) is 62.5 Å². The first-order valence-electron chi connectivity index (χ1n) is 9.32. The summed E-state index contributed by atoms with van der Waals surface area (Å²) >= 11 is 12.1. The van der Waals surface area contributed by atoms with Crippen molar-refractivity contribution in [2.24, 2.45) is 5.10 Å². The van der Waals surface area contributed by atoms with Crippen LogP contribution in [-0.2, 0) is 14.8 Å². The Morgan fingerprint density at radius 2 is 1.67 bits per heavy atom. The summed E-state index contributed by atoms with van der Waals surface area (Å²) in [6.45, 7) is 3.58. The molecule has 1 fully saturated rings. The second-order valence-corrected chi connectivity index (χ2v) is 9.67. The van der Waals surface area contributed by atoms with Crippen molar-refractivity contribution in [3.05, 3.63) is 63.6 Å². The molecule has 1 amide bonds. The van der Waals surface area contributed by atoms with Crippen LogP contribution >= 0.6 is 23.2 Å². The van der Waals surface area contributed by atoms with Crippen molar-refractivity contribution >= 4 is 45.3 Å². The van der Waals surface area contributed by atoms with Gasteiger partial charge in [0.2, 0.25) is 10.0 Å². The monoisotopic (exact) mass is 468 g/mol. The zero-order chi connectivity index (χ0) is 21.7. The lowest BCUT2D eigenvalue weighted by atomic mass is 10.2. The van der Waals surface area contributed by atoms with E-state index in [0.29, 0.717) is 41.8 Å². The average Bonchev–Trinajstić information content (AvgIpc) is 2.71. The molecule has 0 atom stereocenters. The Kier molecular flexibility index (Phi) is 7.49. The Morgan fingerprint density at radius 1 is 1.07 bits per heavy atom. The van der Waals surface area contributed by atoms with Crippen molar-refractivity contribution in [2.75, 3.05) is 32.7 Å². The molecule has 0 bridgehead atoms. The molecule has 0 unspecified atom stereocenters. The number of carbonyl (C=O) groups is 1. The largest absolute Gasteiger partial charge is 0.292 e. The highest BCUT2D eigenvalue weighted by molar-refractivity contribution is 7.89. The number of benzene rings is 2. The Bertz CT molecular complexity index is 1010. The van der Waals surface area contributed by atoms with Gasteiger partial charge in [-0.2, -0.15) is 9.41 Å². The number of piperazine rings is 1. The number of halogens is 2. The number of hydrazone groups is 1. The van der Waals surface area contributed by atoms with Crippen molar-refractivity contribution < 1.29 is 13.2 Å². The third-order valence-electron chi connectivity index (χ3n) is 4.74. The van der Waals surface area contributed by atoms with Crippen LogP contribution in [0.25, 0.3) is 0 Å². The van der Waals surface area contributed by atoms with Crippen molar-refractivity contribution in [2.45, 2.75) is 11.8 Å². The molecule has 2 aromatic rings. The van der Waals surface area contributed by atoms with Crippen molar-refractivity contribution in [1.29, 1.82) is 0 Å². The van der Waals surface area contributed by atoms with Gasteiger partial charge in [0.25, 0.3) is 5.91 Å². The topological polar surface area (TPSA) is 82.1 Å². The van der Waals surface area contributed by atoms with E-state index in [1.54, 1.807) is 42.5 Å². The highest BCUT2D eigenvalue weighted by Crippen LogP contribution is 2.22. The molecule has 1 saturated heterocycles. The van der Waals surface area contributed by atoms with Crippen molar-refractivity contribution in [1.82, 2.24) is 14.6 Å². The lowest BCUT2D eigenvalue weighted by Gasteiger charge is -2.33. The van der Waals surface area contributed by atoms with Gasteiger partial charge in [0.1, 0.15) is 0 Å². The molecule has 0 aromatic heterocycles. The summed E-state index contributed by atoms with van der Waals surface area (Å²) < 4.78 is 26.9. The summed E-state index contributed by atoms with van der Waals surface area (Å²) in [7, 11) is -3.53. The van der Waals surface area contributed by atoms with Crippen LogP contribution in [0, 0.1) is 6.92 Å². The lowest BCUT2D eigenvalue weighted by molar-refractivity contribution is -0.122. The second kappa shape index (κ2) is 9.89. The molecule has 0 spiro atoms. The fourth-order valence-electron chi connectivity index (χ4n) is 3.03. The predicted molar refractivity (Wildman–Crippen MR) is 119 cm³/mol. The van der Waals surface area contributed by atoms with E-state index in [9.17, 15) is 13.2 Å². The van der Waals surface area contributed by atoms with Gasteiger partial charge >= 0.3 is 0 Å². The Labute approximate surface area is 186 Å². The van der Waals surface area contributed by atoms with Crippen LogP contribution in [0.3, 0.4) is 0 Å². The molecule has 0 radical (unpaired) electrons. The third-order valence-corrected chi connectivity index (χ3v) is 7.31. The minimum absolute atomic E-state index is 0.117. The maximum Gasteiger partial charge on any atom is 0.254 e. The van der Waals surface area contributed by atoms with Crippen LogP contribution in [0.2, 0.25) is 10.0 Å². The molecule has 0 aliphatic carbocycles. The first-order valence-corrected chi connectivity index (χ1v) is 11.5. The molecular weight excluding hydrogens is 447 g/mol. The number of nitrogens with one attached hydrogen (secondary N) is 1. The van der Waals surface area contributed by atoms with E-state index in [0.717, 1.165) is 5.56 Å². The smallest absolute Gasteiger partial charge is 0.254 e. The Morgan fingerprint density at radius 3 is 2.27 bits per heavy atom. The number of amides is 1. The van der Waals surface area contributed by atoms with Gasteiger partial charge in [0, 0.05) is 31.7 Å². The van der Waals surface area contributed by atoms with Gasteiger partial charge in [0.05, 0.1) is 27.7 Å². The van der Waals surface area contributed by atoms with Crippen LogP contribution in [0.15, 0.2) is 52.5 Å². The fourth-order valence-corrected chi connectivity index (χ4v) is 4.95. The van der Waals surface area contributed by atoms with E-state index in [2.05, 4.69) is 10.5 Å². The maximum absolute atomic E-state index is 12.7. The Balaban J connectivity index is 1.50. The zero-order valence-electron chi connectivity index (χ0n) is 16.4. The van der Waals surface area contributed by atoms with E-state index >= 15 is 0 Å². The van der Waals surface area contributed by atoms with E-state index in [1.165, 1.54) is 10.5 Å². The minimum Gasteiger partial charge on any atom is -0.292 e. The van der Waals surface area contributed by atoms with Gasteiger partial charge in [-0.3, -0.25) is 9.69 Å². The number of nitrogens with zero attached hydrogens (tertiary/aromatic N) is 3. The van der Waals surface area contributed by atoms with Gasteiger partial charge in [0.15, 0.2) is 0 Å². The normalized spacial score (nSPS) is 16.1. The predicted octanol–water partition coefficient (Wildman–Crippen LogP) is 2.76. The van der Waals surface area contributed by atoms with E-state index in [-0.39, 0.29) is 17.3 Å². The second-order valence-electron chi connectivity index (χ2n) is 6.92. The molecule has 1 N–H and O–H groups in total. The fraction of sp³-hybridized carbons (Fsp3) is 0.300. The minimum atomic E-state index is -3.53. The third kappa shape index (κ3) is 5.59. The number of rotatable bonds is 6. The van der Waals surface area contributed by atoms with E-state index < -0.39 is 10.0 Å². The van der Waals surface area contributed by atoms with E-state index in [4.69, 9.17) is 23.2 Å². The summed E-state index contributed by atoms with van der Waals surface area (Å²) in [5.41, 5.74) is 3.97. The molecule has 30 heavy (non-hydrogen) atoms. The Hall–Kier alpha value is -1.97. The van der Waals surface area contributed by atoms with Gasteiger partial charge in [-0.1, -0.05) is 47.0 Å². The SMILES string of the molecule is Cc1ccc(S(=O)(=O)N2CCN(CC(=O)NN=Cc3c(Cl)cccc3Cl)CC2)cc1. The maximum atomic E-state index is 12.7. The van der Waals surface area contributed by atoms with Crippen LogP contribution in [0.5, 0.6) is 0 Å². The molecule has 160 valence electrons. The van der Waals surface area contributed by atoms with E-state index in [1.807, 2.05) is 11.8 Å². The van der Waals surface area contributed by atoms with Gasteiger partial charge in [-0.25, -0.2) is 13.8 Å². The molecule has 3 rings (SSSR count). The van der Waals surface area contributed by atoms with Crippen LogP contribution in [0.1, 0.15) is 11.1 Å². The standard InChI is InChI=1S/C20H22Cl2N4O3S/c1-15-5-7-16(8-6-15)30(28,29)26-11-9-25(10-12-26)14-20(27)24-23-13-17-18(21)3-2-4-19(17)22/h2-8,13H,9-12,14H2,1H3,(H,24,27). The molecule has 1 heterocycles. The molecule has 2 aromatic carbocycles. The summed E-state index contributed by atoms with van der Waals surface area (Å²) in [5, 5.41) is 4.78. The number of aryl methyl sites for hydroxylation is 1. The quantitative estimate of drug-likeness (QED) is 0.521. The first kappa shape index (κ1) is 22.7. The molecular formula is C20H22Cl2N4O3S. The van der Waals surface area contributed by atoms with Gasteiger partial charge in [-0.05, 0) is 31.2 Å². The molecule has 7 nitrogen and oxygen atoms in total. The van der Waals surface area contributed by atoms with Crippen molar-refractivity contribution in [3.63, 3.8) is 0 Å². The average molecular weight is 469 g/mol. The zero-order valence-corrected chi connectivity index (χ0v) is 18.7. The summed E-state index contributed by atoms with van der Waals surface area (Å²) in [4.78, 5) is 14.3. The number of sulfonamides is 1. The van der Waals surface area contributed by atoms with Crippen LogP contribution in [0.4, 0.5) is 0 Å². The summed E-state index contributed by atoms with van der Waals surface area (Å²) in [6.07, 6.45) is 1.40. The highest BCUT2D eigenvalue weighted by atomic mass is 35.5. The highest BCUT2D eigenvalue weighted by Gasteiger charge is 2.28. The van der Waals surface area contributed by atoms with Gasteiger partial charge in [-0.15, -0.1) is 0 Å². The summed E-state index contributed by atoms with van der Waals surface area (Å²) in [6, 6.07) is 11.9. The van der Waals surface area contributed by atoms with Gasteiger partial charge < -0.3 is 0 Å². The summed E-state index contributed by atoms with van der Waals surface area (Å²) in [5.74, 6) is -0.302. The number of carbonyl (C=O) groups excluding carboxylic acids is 1. The molecule has 1 aliphatic rings. The molecule has 10 heteroatoms. The number of hydrogen-bond donors (Lipinski definition) is 1. The first-order chi connectivity index (χ1) is 14.3.